The lowest BCUT2D eigenvalue weighted by Gasteiger charge is -2.36. The van der Waals surface area contributed by atoms with Crippen LogP contribution >= 0.6 is 11.5 Å². The van der Waals surface area contributed by atoms with Crippen LogP contribution in [-0.4, -0.2) is 44.6 Å². The third kappa shape index (κ3) is 4.77. The Morgan fingerprint density at radius 1 is 1.30 bits per heavy atom. The van der Waals surface area contributed by atoms with Crippen LogP contribution in [0.15, 0.2) is 0 Å². The van der Waals surface area contributed by atoms with Crippen molar-refractivity contribution in [2.45, 2.75) is 77.4 Å². The zero-order valence-electron chi connectivity index (χ0n) is 16.4. The number of hydrogen-bond donors (Lipinski definition) is 3. The van der Waals surface area contributed by atoms with Crippen LogP contribution in [-0.2, 0) is 4.79 Å². The van der Waals surface area contributed by atoms with Gasteiger partial charge in [-0.2, -0.15) is 4.37 Å². The maximum Gasteiger partial charge on any atom is 0.270 e. The van der Waals surface area contributed by atoms with Crippen molar-refractivity contribution in [3.05, 3.63) is 10.6 Å². The molecule has 0 saturated heterocycles. The zero-order valence-corrected chi connectivity index (χ0v) is 17.2. The van der Waals surface area contributed by atoms with E-state index >= 15 is 0 Å². The van der Waals surface area contributed by atoms with E-state index in [2.05, 4.69) is 9.69 Å². The molecule has 0 bridgehead atoms. The van der Waals surface area contributed by atoms with Crippen LogP contribution in [0.1, 0.15) is 80.0 Å². The summed E-state index contributed by atoms with van der Waals surface area (Å²) >= 11 is 0.854. The molecule has 0 aromatic carbocycles. The number of rotatable bonds is 6. The van der Waals surface area contributed by atoms with Crippen LogP contribution < -0.4 is 16.8 Å². The van der Waals surface area contributed by atoms with Gasteiger partial charge in [-0.1, -0.05) is 19.8 Å². The van der Waals surface area contributed by atoms with Crippen molar-refractivity contribution >= 4 is 34.9 Å². The molecule has 8 nitrogen and oxygen atoms in total. The molecule has 3 amide bonds. The number of carbonyl (C=O) groups excluding carboxylic acids is 3. The first-order valence-electron chi connectivity index (χ1n) is 9.26. The van der Waals surface area contributed by atoms with Crippen LogP contribution in [0.5, 0.6) is 0 Å². The molecular weight excluding hydrogens is 366 g/mol. The molecule has 150 valence electrons. The summed E-state index contributed by atoms with van der Waals surface area (Å²) in [5.41, 5.74) is 10.7. The number of amides is 3. The molecular formula is C18H29N5O3S. The van der Waals surface area contributed by atoms with Gasteiger partial charge >= 0.3 is 0 Å². The van der Waals surface area contributed by atoms with E-state index in [0.29, 0.717) is 6.42 Å². The fourth-order valence-electron chi connectivity index (χ4n) is 3.45. The first-order chi connectivity index (χ1) is 12.6. The molecule has 1 atom stereocenters. The molecule has 1 heterocycles. The Kier molecular flexibility index (Phi) is 6.46. The molecule has 1 aromatic heterocycles. The van der Waals surface area contributed by atoms with Gasteiger partial charge in [0.25, 0.3) is 11.8 Å². The van der Waals surface area contributed by atoms with Crippen molar-refractivity contribution in [1.29, 1.82) is 0 Å². The molecule has 1 aliphatic carbocycles. The Hall–Kier alpha value is -2.16. The van der Waals surface area contributed by atoms with E-state index in [1.807, 2.05) is 27.7 Å². The highest BCUT2D eigenvalue weighted by Gasteiger charge is 2.38. The van der Waals surface area contributed by atoms with Crippen molar-refractivity contribution in [1.82, 2.24) is 14.6 Å². The van der Waals surface area contributed by atoms with Crippen molar-refractivity contribution in [2.24, 2.45) is 5.73 Å². The number of hydrogen-bond acceptors (Lipinski definition) is 6. The van der Waals surface area contributed by atoms with Crippen molar-refractivity contribution in [2.75, 3.05) is 5.73 Å². The van der Waals surface area contributed by atoms with E-state index in [1.165, 1.54) is 0 Å². The van der Waals surface area contributed by atoms with Gasteiger partial charge in [0.2, 0.25) is 5.91 Å². The van der Waals surface area contributed by atoms with Crippen molar-refractivity contribution in [3.63, 3.8) is 0 Å². The van der Waals surface area contributed by atoms with Gasteiger partial charge in [0, 0.05) is 11.6 Å². The lowest BCUT2D eigenvalue weighted by atomic mass is 10.0. The highest BCUT2D eigenvalue weighted by atomic mass is 32.1. The predicted molar refractivity (Wildman–Crippen MR) is 105 cm³/mol. The lowest BCUT2D eigenvalue weighted by molar-refractivity contribution is -0.128. The molecule has 5 N–H and O–H groups in total. The summed E-state index contributed by atoms with van der Waals surface area (Å²) in [6, 6.07) is -0.648. The zero-order chi connectivity index (χ0) is 20.4. The summed E-state index contributed by atoms with van der Waals surface area (Å²) in [4.78, 5) is 39.5. The highest BCUT2D eigenvalue weighted by molar-refractivity contribution is 7.09. The molecule has 2 rings (SSSR count). The Bertz CT molecular complexity index is 719. The third-order valence-electron chi connectivity index (χ3n) is 4.63. The molecule has 1 fully saturated rings. The van der Waals surface area contributed by atoms with Crippen LogP contribution in [0.25, 0.3) is 0 Å². The molecule has 1 saturated carbocycles. The van der Waals surface area contributed by atoms with Crippen LogP contribution in [0, 0.1) is 0 Å². The van der Waals surface area contributed by atoms with Crippen molar-refractivity contribution in [3.8, 4) is 0 Å². The maximum absolute atomic E-state index is 13.3. The Labute approximate surface area is 163 Å². The van der Waals surface area contributed by atoms with Crippen LogP contribution in [0.3, 0.4) is 0 Å². The number of nitrogens with zero attached hydrogens (tertiary/aromatic N) is 2. The normalized spacial score (nSPS) is 16.1. The predicted octanol–water partition coefficient (Wildman–Crippen LogP) is 1.90. The van der Waals surface area contributed by atoms with Gasteiger partial charge < -0.3 is 21.7 Å². The van der Waals surface area contributed by atoms with Crippen molar-refractivity contribution < 1.29 is 14.4 Å². The Morgan fingerprint density at radius 2 is 1.89 bits per heavy atom. The van der Waals surface area contributed by atoms with Gasteiger partial charge in [0.15, 0.2) is 5.69 Å². The fourth-order valence-corrected chi connectivity index (χ4v) is 4.20. The number of nitrogens with one attached hydrogen (secondary N) is 1. The van der Waals surface area contributed by atoms with E-state index in [0.717, 1.165) is 37.2 Å². The summed E-state index contributed by atoms with van der Waals surface area (Å²) in [6.07, 6.45) is 4.18. The summed E-state index contributed by atoms with van der Waals surface area (Å²) in [5.74, 6) is -1.32. The second-order valence-electron chi connectivity index (χ2n) is 7.95. The monoisotopic (exact) mass is 395 g/mol. The minimum atomic E-state index is -0.771. The quantitative estimate of drug-likeness (QED) is 0.677. The SMILES string of the molecule is CC[C@@H](C(=O)NC(C)(C)C)N(C(=O)c1snc(C(N)=O)c1N)C1CCCC1. The second kappa shape index (κ2) is 8.24. The van der Waals surface area contributed by atoms with Gasteiger partial charge in [0.1, 0.15) is 10.9 Å². The summed E-state index contributed by atoms with van der Waals surface area (Å²) < 4.78 is 3.93. The summed E-state index contributed by atoms with van der Waals surface area (Å²) in [7, 11) is 0. The number of aromatic nitrogens is 1. The van der Waals surface area contributed by atoms with E-state index in [9.17, 15) is 14.4 Å². The van der Waals surface area contributed by atoms with E-state index < -0.39 is 17.5 Å². The first kappa shape index (κ1) is 21.1. The number of nitrogen functional groups attached to an aromatic ring is 1. The van der Waals surface area contributed by atoms with Gasteiger partial charge in [-0.15, -0.1) is 0 Å². The molecule has 9 heteroatoms. The molecule has 0 spiro atoms. The average molecular weight is 396 g/mol. The van der Waals surface area contributed by atoms with E-state index in [4.69, 9.17) is 11.5 Å². The molecule has 0 unspecified atom stereocenters. The standard InChI is InChI=1S/C18H29N5O3S/c1-5-11(16(25)21-18(2,3)4)23(10-8-6-7-9-10)17(26)14-12(19)13(15(20)24)22-27-14/h10-11H,5-9,19H2,1-4H3,(H2,20,24)(H,21,25)/t11-/m0/s1. The number of anilines is 1. The van der Waals surface area contributed by atoms with Gasteiger partial charge in [-0.05, 0) is 51.6 Å². The number of primary amides is 1. The third-order valence-corrected chi connectivity index (χ3v) is 5.48. The molecule has 0 aliphatic heterocycles. The minimum absolute atomic E-state index is 0.00780. The smallest absolute Gasteiger partial charge is 0.270 e. The van der Waals surface area contributed by atoms with Crippen LogP contribution in [0.2, 0.25) is 0 Å². The molecule has 0 radical (unpaired) electrons. The number of nitrogens with two attached hydrogens (primary N) is 2. The topological polar surface area (TPSA) is 131 Å². The number of carbonyl (C=O) groups is 3. The highest BCUT2D eigenvalue weighted by Crippen LogP contribution is 2.31. The molecule has 27 heavy (non-hydrogen) atoms. The molecule has 1 aliphatic rings. The van der Waals surface area contributed by atoms with Gasteiger partial charge in [-0.25, -0.2) is 0 Å². The lowest BCUT2D eigenvalue weighted by Crippen LogP contribution is -2.56. The van der Waals surface area contributed by atoms with E-state index in [-0.39, 0.29) is 34.1 Å². The Morgan fingerprint density at radius 3 is 2.33 bits per heavy atom. The summed E-state index contributed by atoms with van der Waals surface area (Å²) in [6.45, 7) is 7.59. The second-order valence-corrected chi connectivity index (χ2v) is 8.73. The van der Waals surface area contributed by atoms with E-state index in [1.54, 1.807) is 4.90 Å². The average Bonchev–Trinajstić information content (AvgIpc) is 3.19. The first-order valence-corrected chi connectivity index (χ1v) is 10.0. The van der Waals surface area contributed by atoms with Crippen LogP contribution in [0.4, 0.5) is 5.69 Å². The van der Waals surface area contributed by atoms with Gasteiger partial charge in [-0.3, -0.25) is 14.4 Å². The van der Waals surface area contributed by atoms with Gasteiger partial charge in [0.05, 0.1) is 5.69 Å². The fraction of sp³-hybridized carbons (Fsp3) is 0.667. The largest absolute Gasteiger partial charge is 0.395 e. The summed E-state index contributed by atoms with van der Waals surface area (Å²) in [5, 5.41) is 2.97. The molecule has 1 aromatic rings. The Balaban J connectivity index is 2.40. The minimum Gasteiger partial charge on any atom is -0.395 e. The maximum atomic E-state index is 13.3.